The van der Waals surface area contributed by atoms with E-state index in [4.69, 9.17) is 14.2 Å². The molecular weight excluding hydrogens is 378 g/mol. The summed E-state index contributed by atoms with van der Waals surface area (Å²) in [4.78, 5) is 12.3. The zero-order valence-electron chi connectivity index (χ0n) is 16.9. The highest BCUT2D eigenvalue weighted by Crippen LogP contribution is 2.36. The molecule has 1 aliphatic heterocycles. The van der Waals surface area contributed by atoms with Gasteiger partial charge in [-0.2, -0.15) is 0 Å². The van der Waals surface area contributed by atoms with Crippen LogP contribution in [0.25, 0.3) is 0 Å². The Morgan fingerprint density at radius 2 is 1.60 bits per heavy atom. The summed E-state index contributed by atoms with van der Waals surface area (Å²) in [5.74, 6) is 0.865. The highest BCUT2D eigenvalue weighted by Gasteiger charge is 2.25. The smallest absolute Gasteiger partial charge is 0.389 e. The van der Waals surface area contributed by atoms with E-state index < -0.39 is 12.3 Å². The van der Waals surface area contributed by atoms with Crippen LogP contribution in [-0.4, -0.2) is 25.4 Å². The van der Waals surface area contributed by atoms with Gasteiger partial charge in [0.2, 0.25) is 0 Å². The molecule has 5 nitrogen and oxygen atoms in total. The third-order valence-electron chi connectivity index (χ3n) is 5.08. The van der Waals surface area contributed by atoms with Gasteiger partial charge in [-0.1, -0.05) is 48.5 Å². The van der Waals surface area contributed by atoms with Gasteiger partial charge in [-0.05, 0) is 54.8 Å². The molecule has 4 rings (SSSR count). The van der Waals surface area contributed by atoms with Crippen LogP contribution in [0.3, 0.4) is 0 Å². The first kappa shape index (κ1) is 19.8. The first-order valence-corrected chi connectivity index (χ1v) is 10.2. The van der Waals surface area contributed by atoms with Crippen molar-refractivity contribution in [3.63, 3.8) is 0 Å². The third-order valence-corrected chi connectivity index (χ3v) is 5.08. The Kier molecular flexibility index (Phi) is 6.18. The van der Waals surface area contributed by atoms with Crippen molar-refractivity contribution in [2.45, 2.75) is 25.6 Å². The lowest BCUT2D eigenvalue weighted by Gasteiger charge is -2.27. The molecule has 1 heterocycles. The zero-order valence-corrected chi connectivity index (χ0v) is 16.9. The van der Waals surface area contributed by atoms with Crippen LogP contribution in [0.5, 0.6) is 11.5 Å². The van der Waals surface area contributed by atoms with Crippen LogP contribution in [-0.2, 0) is 9.53 Å². The Bertz CT molecular complexity index is 972. The normalized spacial score (nSPS) is 16.0. The minimum Gasteiger partial charge on any atom is -0.460 e. The largest absolute Gasteiger partial charge is 0.460 e. The van der Waals surface area contributed by atoms with E-state index >= 15 is 0 Å². The van der Waals surface area contributed by atoms with E-state index in [1.165, 1.54) is 16.8 Å². The van der Waals surface area contributed by atoms with Crippen molar-refractivity contribution in [3.8, 4) is 11.5 Å². The SMILES string of the molecule is CCOC(=O)C(Oc1ccccc1)Oc1ccc(C2CCNc3ccccc32)cc1. The third kappa shape index (κ3) is 4.57. The van der Waals surface area contributed by atoms with Crippen molar-refractivity contribution in [3.05, 3.63) is 90.0 Å². The second kappa shape index (κ2) is 9.35. The van der Waals surface area contributed by atoms with E-state index in [0.717, 1.165) is 13.0 Å². The number of para-hydroxylation sites is 2. The van der Waals surface area contributed by atoms with Crippen molar-refractivity contribution in [1.82, 2.24) is 0 Å². The van der Waals surface area contributed by atoms with Gasteiger partial charge in [-0.15, -0.1) is 0 Å². The number of rotatable bonds is 7. The molecule has 5 heteroatoms. The molecule has 1 N–H and O–H groups in total. The number of hydrogen-bond donors (Lipinski definition) is 1. The van der Waals surface area contributed by atoms with Gasteiger partial charge in [0.15, 0.2) is 0 Å². The fraction of sp³-hybridized carbons (Fsp3) is 0.240. The van der Waals surface area contributed by atoms with Gasteiger partial charge in [0.25, 0.3) is 0 Å². The lowest BCUT2D eigenvalue weighted by molar-refractivity contribution is -0.165. The van der Waals surface area contributed by atoms with E-state index in [9.17, 15) is 4.79 Å². The van der Waals surface area contributed by atoms with Gasteiger partial charge in [-0.3, -0.25) is 0 Å². The summed E-state index contributed by atoms with van der Waals surface area (Å²) in [6, 6.07) is 25.3. The van der Waals surface area contributed by atoms with E-state index in [1.807, 2.05) is 48.5 Å². The predicted molar refractivity (Wildman–Crippen MR) is 116 cm³/mol. The molecule has 154 valence electrons. The van der Waals surface area contributed by atoms with Gasteiger partial charge >= 0.3 is 12.3 Å². The molecule has 0 amide bonds. The summed E-state index contributed by atoms with van der Waals surface area (Å²) in [6.07, 6.45) is -0.141. The number of hydrogen-bond acceptors (Lipinski definition) is 5. The predicted octanol–water partition coefficient (Wildman–Crippen LogP) is 4.98. The molecule has 2 unspecified atom stereocenters. The molecule has 0 spiro atoms. The number of ether oxygens (including phenoxy) is 3. The molecule has 0 bridgehead atoms. The first-order valence-electron chi connectivity index (χ1n) is 10.2. The summed E-state index contributed by atoms with van der Waals surface area (Å²) < 4.78 is 16.7. The Balaban J connectivity index is 1.50. The molecule has 2 atom stereocenters. The maximum atomic E-state index is 12.3. The number of anilines is 1. The monoisotopic (exact) mass is 403 g/mol. The van der Waals surface area contributed by atoms with Gasteiger partial charge in [-0.25, -0.2) is 4.79 Å². The summed E-state index contributed by atoms with van der Waals surface area (Å²) in [7, 11) is 0. The lowest BCUT2D eigenvalue weighted by Crippen LogP contribution is -2.35. The average molecular weight is 403 g/mol. The minimum atomic E-state index is -1.17. The average Bonchev–Trinajstić information content (AvgIpc) is 2.80. The molecule has 30 heavy (non-hydrogen) atoms. The highest BCUT2D eigenvalue weighted by atomic mass is 16.7. The van der Waals surface area contributed by atoms with Crippen molar-refractivity contribution >= 4 is 11.7 Å². The van der Waals surface area contributed by atoms with E-state index in [1.54, 1.807) is 19.1 Å². The maximum absolute atomic E-state index is 12.3. The van der Waals surface area contributed by atoms with Gasteiger partial charge in [0.05, 0.1) is 6.61 Å². The van der Waals surface area contributed by atoms with Crippen LogP contribution in [0.2, 0.25) is 0 Å². The van der Waals surface area contributed by atoms with Crippen molar-refractivity contribution in [2.24, 2.45) is 0 Å². The van der Waals surface area contributed by atoms with Crippen LogP contribution >= 0.6 is 0 Å². The number of fused-ring (bicyclic) bond motifs is 1. The van der Waals surface area contributed by atoms with Crippen LogP contribution in [0.15, 0.2) is 78.9 Å². The quantitative estimate of drug-likeness (QED) is 0.445. The minimum absolute atomic E-state index is 0.255. The summed E-state index contributed by atoms with van der Waals surface area (Å²) in [6.45, 7) is 2.95. The fourth-order valence-electron chi connectivity index (χ4n) is 3.67. The fourth-order valence-corrected chi connectivity index (χ4v) is 3.67. The van der Waals surface area contributed by atoms with Crippen LogP contribution in [0, 0.1) is 0 Å². The topological polar surface area (TPSA) is 56.8 Å². The van der Waals surface area contributed by atoms with Gasteiger partial charge < -0.3 is 19.5 Å². The van der Waals surface area contributed by atoms with E-state index in [-0.39, 0.29) is 6.61 Å². The Morgan fingerprint density at radius 1 is 0.933 bits per heavy atom. The molecule has 0 aromatic heterocycles. The molecule has 0 saturated heterocycles. The van der Waals surface area contributed by atoms with Crippen LogP contribution in [0.1, 0.15) is 30.4 Å². The molecule has 0 aliphatic carbocycles. The second-order valence-electron chi connectivity index (χ2n) is 7.06. The summed E-state index contributed by atoms with van der Waals surface area (Å²) >= 11 is 0. The lowest BCUT2D eigenvalue weighted by atomic mass is 9.85. The Hall–Kier alpha value is -3.47. The number of esters is 1. The molecule has 3 aromatic carbocycles. The number of nitrogens with one attached hydrogen (secondary N) is 1. The zero-order chi connectivity index (χ0) is 20.8. The van der Waals surface area contributed by atoms with Gasteiger partial charge in [0, 0.05) is 18.2 Å². The summed E-state index contributed by atoms with van der Waals surface area (Å²) in [5, 5.41) is 3.45. The first-order chi connectivity index (χ1) is 14.7. The molecule has 0 fully saturated rings. The Morgan fingerprint density at radius 3 is 2.33 bits per heavy atom. The highest BCUT2D eigenvalue weighted by molar-refractivity contribution is 5.74. The molecule has 3 aromatic rings. The molecule has 0 radical (unpaired) electrons. The van der Waals surface area contributed by atoms with E-state index in [0.29, 0.717) is 17.4 Å². The van der Waals surface area contributed by atoms with Gasteiger partial charge in [0.1, 0.15) is 11.5 Å². The molecule has 0 saturated carbocycles. The summed E-state index contributed by atoms with van der Waals surface area (Å²) in [5.41, 5.74) is 3.70. The molecule has 1 aliphatic rings. The van der Waals surface area contributed by atoms with Crippen molar-refractivity contribution < 1.29 is 19.0 Å². The number of carbonyl (C=O) groups excluding carboxylic acids is 1. The molecular formula is C25H25NO4. The standard InChI is InChI=1S/C25H25NO4/c1-2-28-24(27)25(29-19-8-4-3-5-9-19)30-20-14-12-18(13-15-20)21-16-17-26-23-11-7-6-10-22(21)23/h3-15,21,25-26H,2,16-17H2,1H3. The van der Waals surface area contributed by atoms with E-state index in [2.05, 4.69) is 23.5 Å². The number of carbonyl (C=O) groups is 1. The second-order valence-corrected chi connectivity index (χ2v) is 7.06. The van der Waals surface area contributed by atoms with Crippen molar-refractivity contribution in [2.75, 3.05) is 18.5 Å². The van der Waals surface area contributed by atoms with Crippen LogP contribution < -0.4 is 14.8 Å². The van der Waals surface area contributed by atoms with Crippen molar-refractivity contribution in [1.29, 1.82) is 0 Å². The number of benzene rings is 3. The Labute approximate surface area is 176 Å². The van der Waals surface area contributed by atoms with Crippen LogP contribution in [0.4, 0.5) is 5.69 Å². The maximum Gasteiger partial charge on any atom is 0.389 e.